The van der Waals surface area contributed by atoms with Crippen molar-refractivity contribution in [3.63, 3.8) is 0 Å². The third kappa shape index (κ3) is 5.27. The van der Waals surface area contributed by atoms with Crippen LogP contribution in [0, 0.1) is 0 Å². The first-order valence-electron chi connectivity index (χ1n) is 7.49. The van der Waals surface area contributed by atoms with E-state index in [9.17, 15) is 9.59 Å². The highest BCUT2D eigenvalue weighted by atomic mass is 32.1. The van der Waals surface area contributed by atoms with Crippen LogP contribution in [-0.2, 0) is 4.79 Å². The first-order chi connectivity index (χ1) is 11.6. The van der Waals surface area contributed by atoms with Crippen molar-refractivity contribution in [2.24, 2.45) is 0 Å². The van der Waals surface area contributed by atoms with Gasteiger partial charge < -0.3 is 20.1 Å². The Morgan fingerprint density at radius 3 is 2.50 bits per heavy atom. The van der Waals surface area contributed by atoms with Gasteiger partial charge in [-0.25, -0.2) is 0 Å². The molecule has 2 amide bonds. The normalized spacial score (nSPS) is 11.4. The highest BCUT2D eigenvalue weighted by molar-refractivity contribution is 7.12. The lowest BCUT2D eigenvalue weighted by atomic mass is 10.3. The highest BCUT2D eigenvalue weighted by Gasteiger charge is 2.16. The third-order valence-electron chi connectivity index (χ3n) is 3.22. The molecular formula is C17H20N2O4S. The minimum atomic E-state index is -0.611. The smallest absolute Gasteiger partial charge is 0.261 e. The van der Waals surface area contributed by atoms with Crippen LogP contribution in [0.2, 0.25) is 0 Å². The van der Waals surface area contributed by atoms with Gasteiger partial charge in [0.25, 0.3) is 5.91 Å². The van der Waals surface area contributed by atoms with Crippen molar-refractivity contribution in [1.82, 2.24) is 10.6 Å². The lowest BCUT2D eigenvalue weighted by Gasteiger charge is -2.14. The second-order valence-corrected chi connectivity index (χ2v) is 5.94. The second-order valence-electron chi connectivity index (χ2n) is 4.99. The number of ether oxygens (including phenoxy) is 2. The van der Waals surface area contributed by atoms with E-state index in [0.717, 1.165) is 5.75 Å². The van der Waals surface area contributed by atoms with Gasteiger partial charge in [-0.15, -0.1) is 11.3 Å². The first-order valence-corrected chi connectivity index (χ1v) is 8.37. The van der Waals surface area contributed by atoms with Gasteiger partial charge in [-0.1, -0.05) is 6.07 Å². The fraction of sp³-hybridized carbons (Fsp3) is 0.294. The summed E-state index contributed by atoms with van der Waals surface area (Å²) in [5.74, 6) is 0.954. The number of carbonyl (C=O) groups is 2. The number of rotatable bonds is 8. The molecule has 2 aromatic rings. The molecule has 2 rings (SSSR count). The van der Waals surface area contributed by atoms with Crippen LogP contribution in [-0.4, -0.2) is 38.1 Å². The molecule has 0 spiro atoms. The van der Waals surface area contributed by atoms with Crippen molar-refractivity contribution < 1.29 is 19.1 Å². The predicted molar refractivity (Wildman–Crippen MR) is 92.7 cm³/mol. The van der Waals surface area contributed by atoms with Crippen LogP contribution in [0.3, 0.4) is 0 Å². The molecule has 0 radical (unpaired) electrons. The summed E-state index contributed by atoms with van der Waals surface area (Å²) in [6.07, 6.45) is 0. The lowest BCUT2D eigenvalue weighted by Crippen LogP contribution is -2.45. The van der Waals surface area contributed by atoms with Gasteiger partial charge in [-0.3, -0.25) is 9.59 Å². The minimum Gasteiger partial charge on any atom is -0.497 e. The molecule has 6 nitrogen and oxygen atoms in total. The molecule has 0 saturated heterocycles. The number of carbonyl (C=O) groups excluding carboxylic acids is 2. The Bertz CT molecular complexity index is 656. The van der Waals surface area contributed by atoms with Gasteiger partial charge in [-0.05, 0) is 42.6 Å². The lowest BCUT2D eigenvalue weighted by molar-refractivity contribution is -0.122. The maximum atomic E-state index is 11.9. The fourth-order valence-corrected chi connectivity index (χ4v) is 2.54. The van der Waals surface area contributed by atoms with E-state index >= 15 is 0 Å². The molecule has 0 fully saturated rings. The largest absolute Gasteiger partial charge is 0.497 e. The summed E-state index contributed by atoms with van der Waals surface area (Å²) in [5, 5.41) is 7.20. The molecule has 0 bridgehead atoms. The molecular weight excluding hydrogens is 328 g/mol. The maximum absolute atomic E-state index is 11.9. The Morgan fingerprint density at radius 1 is 1.17 bits per heavy atom. The molecule has 0 saturated carbocycles. The Balaban J connectivity index is 1.67. The van der Waals surface area contributed by atoms with Crippen molar-refractivity contribution >= 4 is 23.2 Å². The maximum Gasteiger partial charge on any atom is 0.261 e. The van der Waals surface area contributed by atoms with Gasteiger partial charge in [0.05, 0.1) is 18.5 Å². The summed E-state index contributed by atoms with van der Waals surface area (Å²) < 4.78 is 10.6. The van der Waals surface area contributed by atoms with Crippen molar-refractivity contribution in [3.05, 3.63) is 46.7 Å². The second kappa shape index (κ2) is 8.93. The van der Waals surface area contributed by atoms with E-state index in [4.69, 9.17) is 9.47 Å². The molecule has 0 aliphatic carbocycles. The van der Waals surface area contributed by atoms with Crippen LogP contribution in [0.15, 0.2) is 41.8 Å². The van der Waals surface area contributed by atoms with E-state index in [1.165, 1.54) is 11.3 Å². The predicted octanol–water partition coefficient (Wildman–Crippen LogP) is 2.07. The molecule has 1 heterocycles. The summed E-state index contributed by atoms with van der Waals surface area (Å²) in [5.41, 5.74) is 0. The Morgan fingerprint density at radius 2 is 1.88 bits per heavy atom. The van der Waals surface area contributed by atoms with Crippen molar-refractivity contribution in [1.29, 1.82) is 0 Å². The van der Waals surface area contributed by atoms with Crippen molar-refractivity contribution in [2.75, 3.05) is 20.3 Å². The Hall–Kier alpha value is -2.54. The van der Waals surface area contributed by atoms with E-state index in [1.54, 1.807) is 50.4 Å². The molecule has 1 atom stereocenters. The topological polar surface area (TPSA) is 76.7 Å². The average molecular weight is 348 g/mol. The fourth-order valence-electron chi connectivity index (χ4n) is 1.91. The number of methoxy groups -OCH3 is 1. The zero-order valence-corrected chi connectivity index (χ0v) is 14.4. The molecule has 128 valence electrons. The molecule has 7 heteroatoms. The van der Waals surface area contributed by atoms with Gasteiger partial charge in [0.15, 0.2) is 0 Å². The molecule has 0 aliphatic heterocycles. The van der Waals surface area contributed by atoms with Crippen LogP contribution < -0.4 is 20.1 Å². The van der Waals surface area contributed by atoms with Gasteiger partial charge in [0.1, 0.15) is 24.1 Å². The average Bonchev–Trinajstić information content (AvgIpc) is 3.13. The SMILES string of the molecule is COc1ccc(OCCNC(=O)C(C)NC(=O)c2cccs2)cc1. The highest BCUT2D eigenvalue weighted by Crippen LogP contribution is 2.16. The van der Waals surface area contributed by atoms with E-state index in [1.807, 2.05) is 5.38 Å². The number of nitrogens with one attached hydrogen (secondary N) is 2. The van der Waals surface area contributed by atoms with Crippen molar-refractivity contribution in [2.45, 2.75) is 13.0 Å². The molecule has 0 aliphatic rings. The first kappa shape index (κ1) is 17.8. The molecule has 2 N–H and O–H groups in total. The van der Waals surface area contributed by atoms with E-state index in [-0.39, 0.29) is 11.8 Å². The number of amides is 2. The zero-order chi connectivity index (χ0) is 17.4. The van der Waals surface area contributed by atoms with E-state index in [0.29, 0.717) is 23.8 Å². The zero-order valence-electron chi connectivity index (χ0n) is 13.6. The van der Waals surface area contributed by atoms with Gasteiger partial charge in [0, 0.05) is 0 Å². The van der Waals surface area contributed by atoms with Gasteiger partial charge >= 0.3 is 0 Å². The minimum absolute atomic E-state index is 0.248. The third-order valence-corrected chi connectivity index (χ3v) is 4.08. The Kier molecular flexibility index (Phi) is 6.62. The van der Waals surface area contributed by atoms with E-state index in [2.05, 4.69) is 10.6 Å². The van der Waals surface area contributed by atoms with Gasteiger partial charge in [0.2, 0.25) is 5.91 Å². The number of hydrogen-bond donors (Lipinski definition) is 2. The van der Waals surface area contributed by atoms with Crippen LogP contribution in [0.4, 0.5) is 0 Å². The van der Waals surface area contributed by atoms with Crippen LogP contribution in [0.25, 0.3) is 0 Å². The molecule has 1 aromatic carbocycles. The Labute approximate surface area is 144 Å². The summed E-state index contributed by atoms with van der Waals surface area (Å²) in [6, 6.07) is 10.1. The summed E-state index contributed by atoms with van der Waals surface area (Å²) in [4.78, 5) is 24.4. The number of hydrogen-bond acceptors (Lipinski definition) is 5. The molecule has 24 heavy (non-hydrogen) atoms. The van der Waals surface area contributed by atoms with Crippen LogP contribution >= 0.6 is 11.3 Å². The van der Waals surface area contributed by atoms with Crippen LogP contribution in [0.1, 0.15) is 16.6 Å². The quantitative estimate of drug-likeness (QED) is 0.716. The monoisotopic (exact) mass is 348 g/mol. The number of thiophene rings is 1. The number of benzene rings is 1. The van der Waals surface area contributed by atoms with Crippen LogP contribution in [0.5, 0.6) is 11.5 Å². The van der Waals surface area contributed by atoms with Crippen molar-refractivity contribution in [3.8, 4) is 11.5 Å². The summed E-state index contributed by atoms with van der Waals surface area (Å²) in [7, 11) is 1.60. The molecule has 1 unspecified atom stereocenters. The van der Waals surface area contributed by atoms with Gasteiger partial charge in [-0.2, -0.15) is 0 Å². The summed E-state index contributed by atoms with van der Waals surface area (Å²) in [6.45, 7) is 2.33. The van der Waals surface area contributed by atoms with E-state index < -0.39 is 6.04 Å². The molecule has 1 aromatic heterocycles. The standard InChI is InChI=1S/C17H20N2O4S/c1-12(19-17(21)15-4-3-11-24-15)16(20)18-9-10-23-14-7-5-13(22-2)6-8-14/h3-8,11-12H,9-10H2,1-2H3,(H,18,20)(H,19,21). The summed E-state index contributed by atoms with van der Waals surface area (Å²) >= 11 is 1.33.